The molecule has 0 radical (unpaired) electrons. The third-order valence-electron chi connectivity index (χ3n) is 5.40. The monoisotopic (exact) mass is 412 g/mol. The van der Waals surface area contributed by atoms with Crippen LogP contribution in [0.3, 0.4) is 0 Å². The van der Waals surface area contributed by atoms with E-state index in [-0.39, 0.29) is 11.7 Å². The lowest BCUT2D eigenvalue weighted by Crippen LogP contribution is -2.45. The van der Waals surface area contributed by atoms with Crippen LogP contribution in [0.1, 0.15) is 12.8 Å². The summed E-state index contributed by atoms with van der Waals surface area (Å²) < 4.78 is 30.2. The molecule has 1 aliphatic heterocycles. The number of aliphatic imine (C=N–C) groups is 1. The van der Waals surface area contributed by atoms with E-state index in [1.54, 1.807) is 11.9 Å². The topological polar surface area (TPSA) is 57.5 Å². The molecule has 1 fully saturated rings. The van der Waals surface area contributed by atoms with Crippen LogP contribution in [-0.4, -0.2) is 48.2 Å². The normalized spacial score (nSPS) is 17.0. The molecule has 0 spiro atoms. The Bertz CT molecular complexity index is 1010. The van der Waals surface area contributed by atoms with Gasteiger partial charge in [-0.3, -0.25) is 4.99 Å². The fourth-order valence-electron chi connectivity index (χ4n) is 3.90. The van der Waals surface area contributed by atoms with Crippen molar-refractivity contribution in [2.45, 2.75) is 25.4 Å². The van der Waals surface area contributed by atoms with Gasteiger partial charge < -0.3 is 20.1 Å². The lowest BCUT2D eigenvalue weighted by atomic mass is 10.2. The maximum absolute atomic E-state index is 14.0. The first-order chi connectivity index (χ1) is 14.7. The van der Waals surface area contributed by atoms with Gasteiger partial charge >= 0.3 is 0 Å². The van der Waals surface area contributed by atoms with Gasteiger partial charge in [0.25, 0.3) is 0 Å². The maximum Gasteiger partial charge on any atom is 0.191 e. The summed E-state index contributed by atoms with van der Waals surface area (Å²) >= 11 is 0. The SMILES string of the molecule is CN=C(NCCCn1cnc2ccccc21)NC1CCN(c2c(F)cccc2F)C1. The van der Waals surface area contributed by atoms with Crippen LogP contribution in [-0.2, 0) is 6.54 Å². The zero-order valence-corrected chi connectivity index (χ0v) is 17.0. The van der Waals surface area contributed by atoms with Crippen molar-refractivity contribution in [3.63, 3.8) is 0 Å². The third kappa shape index (κ3) is 4.37. The van der Waals surface area contributed by atoms with Gasteiger partial charge in [0.15, 0.2) is 5.96 Å². The number of guanidine groups is 1. The first-order valence-electron chi connectivity index (χ1n) is 10.2. The van der Waals surface area contributed by atoms with Crippen molar-refractivity contribution in [1.29, 1.82) is 0 Å². The van der Waals surface area contributed by atoms with E-state index in [4.69, 9.17) is 0 Å². The van der Waals surface area contributed by atoms with Crippen LogP contribution in [0.2, 0.25) is 0 Å². The van der Waals surface area contributed by atoms with E-state index in [1.165, 1.54) is 18.2 Å². The molecule has 8 heteroatoms. The number of rotatable bonds is 6. The number of halogens is 2. The van der Waals surface area contributed by atoms with Crippen molar-refractivity contribution in [3.05, 3.63) is 60.4 Å². The summed E-state index contributed by atoms with van der Waals surface area (Å²) in [5.41, 5.74) is 2.18. The van der Waals surface area contributed by atoms with Gasteiger partial charge in [-0.25, -0.2) is 13.8 Å². The second kappa shape index (κ2) is 9.11. The summed E-state index contributed by atoms with van der Waals surface area (Å²) in [4.78, 5) is 10.4. The number of para-hydroxylation sites is 3. The van der Waals surface area contributed by atoms with Crippen molar-refractivity contribution in [2.24, 2.45) is 4.99 Å². The molecule has 0 amide bonds. The van der Waals surface area contributed by atoms with E-state index in [1.807, 2.05) is 24.5 Å². The summed E-state index contributed by atoms with van der Waals surface area (Å²) in [5.74, 6) is -0.346. The molecule has 158 valence electrons. The molecular formula is C22H26F2N6. The van der Waals surface area contributed by atoms with Gasteiger partial charge in [0.1, 0.15) is 17.3 Å². The Kier molecular flexibility index (Phi) is 6.11. The molecule has 6 nitrogen and oxygen atoms in total. The molecule has 1 aromatic heterocycles. The minimum Gasteiger partial charge on any atom is -0.365 e. The smallest absolute Gasteiger partial charge is 0.191 e. The Labute approximate surface area is 174 Å². The number of hydrogen-bond acceptors (Lipinski definition) is 3. The summed E-state index contributed by atoms with van der Waals surface area (Å²) in [6.07, 6.45) is 3.57. The highest BCUT2D eigenvalue weighted by atomic mass is 19.1. The molecule has 1 aliphatic rings. The molecule has 0 saturated carbocycles. The molecule has 2 heterocycles. The average molecular weight is 412 g/mol. The second-order valence-corrected chi connectivity index (χ2v) is 7.43. The zero-order chi connectivity index (χ0) is 20.9. The van der Waals surface area contributed by atoms with E-state index in [9.17, 15) is 8.78 Å². The molecule has 2 N–H and O–H groups in total. The number of nitrogens with one attached hydrogen (secondary N) is 2. The van der Waals surface area contributed by atoms with Crippen LogP contribution >= 0.6 is 0 Å². The summed E-state index contributed by atoms with van der Waals surface area (Å²) in [6.45, 7) is 2.73. The van der Waals surface area contributed by atoms with Gasteiger partial charge in [0.2, 0.25) is 0 Å². The maximum atomic E-state index is 14.0. The third-order valence-corrected chi connectivity index (χ3v) is 5.40. The van der Waals surface area contributed by atoms with Crippen LogP contribution < -0.4 is 15.5 Å². The largest absolute Gasteiger partial charge is 0.365 e. The number of nitrogens with zero attached hydrogens (tertiary/aromatic N) is 4. The van der Waals surface area contributed by atoms with Crippen molar-refractivity contribution in [1.82, 2.24) is 20.2 Å². The predicted molar refractivity (Wildman–Crippen MR) is 116 cm³/mol. The van der Waals surface area contributed by atoms with Crippen molar-refractivity contribution >= 4 is 22.7 Å². The summed E-state index contributed by atoms with van der Waals surface area (Å²) in [5, 5.41) is 6.68. The highest BCUT2D eigenvalue weighted by molar-refractivity contribution is 5.80. The van der Waals surface area contributed by atoms with Crippen LogP contribution in [0, 0.1) is 11.6 Å². The van der Waals surface area contributed by atoms with Crippen molar-refractivity contribution < 1.29 is 8.78 Å². The van der Waals surface area contributed by atoms with Crippen LogP contribution in [0.4, 0.5) is 14.5 Å². The molecule has 30 heavy (non-hydrogen) atoms. The number of aryl methyl sites for hydroxylation is 1. The molecule has 4 rings (SSSR count). The minimum absolute atomic E-state index is 0.0531. The molecule has 0 aliphatic carbocycles. The van der Waals surface area contributed by atoms with Gasteiger partial charge in [-0.15, -0.1) is 0 Å². The average Bonchev–Trinajstić information content (AvgIpc) is 3.37. The molecule has 1 saturated heterocycles. The standard InChI is InChI=1S/C22H26F2N6/c1-25-22(26-11-5-12-30-15-27-19-8-2-3-9-20(19)30)28-16-10-13-29(14-16)21-17(23)6-4-7-18(21)24/h2-4,6-9,15-16H,5,10-14H2,1H3,(H2,25,26,28). The number of anilines is 1. The summed E-state index contributed by atoms with van der Waals surface area (Å²) in [7, 11) is 1.72. The second-order valence-electron chi connectivity index (χ2n) is 7.43. The molecule has 3 aromatic rings. The van der Waals surface area contributed by atoms with Gasteiger partial charge in [-0.1, -0.05) is 18.2 Å². The zero-order valence-electron chi connectivity index (χ0n) is 17.0. The highest BCUT2D eigenvalue weighted by Gasteiger charge is 2.27. The Morgan fingerprint density at radius 1 is 1.17 bits per heavy atom. The van der Waals surface area contributed by atoms with Gasteiger partial charge in [0, 0.05) is 39.3 Å². The van der Waals surface area contributed by atoms with Crippen LogP contribution in [0.15, 0.2) is 53.8 Å². The minimum atomic E-state index is -0.523. The highest BCUT2D eigenvalue weighted by Crippen LogP contribution is 2.26. The Balaban J connectivity index is 1.25. The summed E-state index contributed by atoms with van der Waals surface area (Å²) in [6, 6.07) is 12.1. The fraction of sp³-hybridized carbons (Fsp3) is 0.364. The number of imidazole rings is 1. The predicted octanol–water partition coefficient (Wildman–Crippen LogP) is 3.15. The fourth-order valence-corrected chi connectivity index (χ4v) is 3.90. The van der Waals surface area contributed by atoms with Crippen LogP contribution in [0.5, 0.6) is 0 Å². The Morgan fingerprint density at radius 3 is 2.77 bits per heavy atom. The van der Waals surface area contributed by atoms with Gasteiger partial charge in [-0.2, -0.15) is 0 Å². The van der Waals surface area contributed by atoms with Crippen LogP contribution in [0.25, 0.3) is 11.0 Å². The molecule has 2 aromatic carbocycles. The quantitative estimate of drug-likeness (QED) is 0.371. The number of hydrogen-bond donors (Lipinski definition) is 2. The molecule has 1 atom stereocenters. The van der Waals surface area contributed by atoms with Gasteiger partial charge in [-0.05, 0) is 37.1 Å². The number of fused-ring (bicyclic) bond motifs is 1. The molecule has 0 bridgehead atoms. The lowest BCUT2D eigenvalue weighted by Gasteiger charge is -2.21. The molecule has 1 unspecified atom stereocenters. The Hall–Kier alpha value is -3.16. The van der Waals surface area contributed by atoms with E-state index < -0.39 is 11.6 Å². The lowest BCUT2D eigenvalue weighted by molar-refractivity contribution is 0.575. The van der Waals surface area contributed by atoms with E-state index in [0.29, 0.717) is 19.0 Å². The van der Waals surface area contributed by atoms with Gasteiger partial charge in [0.05, 0.1) is 17.4 Å². The van der Waals surface area contributed by atoms with E-state index >= 15 is 0 Å². The van der Waals surface area contributed by atoms with Crippen molar-refractivity contribution in [3.8, 4) is 0 Å². The van der Waals surface area contributed by atoms with E-state index in [2.05, 4.69) is 31.2 Å². The molecular weight excluding hydrogens is 386 g/mol. The number of aromatic nitrogens is 2. The van der Waals surface area contributed by atoms with E-state index in [0.717, 1.165) is 37.0 Å². The first kappa shape index (κ1) is 20.1. The first-order valence-corrected chi connectivity index (χ1v) is 10.2. The Morgan fingerprint density at radius 2 is 1.97 bits per heavy atom. The van der Waals surface area contributed by atoms with Crippen molar-refractivity contribution in [2.75, 3.05) is 31.6 Å². The number of benzene rings is 2.